The van der Waals surface area contributed by atoms with Gasteiger partial charge in [0.05, 0.1) is 44.0 Å². The molecule has 6 heterocycles. The minimum atomic E-state index is -3.76. The second-order valence-electron chi connectivity index (χ2n) is 9.37. The first-order valence-electron chi connectivity index (χ1n) is 12.0. The molecule has 20 heteroatoms. The molecular weight excluding hydrogens is 573 g/mol. The number of imidazole rings is 2. The van der Waals surface area contributed by atoms with Crippen molar-refractivity contribution in [1.82, 2.24) is 39.0 Å². The van der Waals surface area contributed by atoms with Gasteiger partial charge in [-0.25, -0.2) is 15.0 Å². The topological polar surface area (TPSA) is 262 Å². The Balaban J connectivity index is 1.23. The van der Waals surface area contributed by atoms with Crippen LogP contribution in [0.25, 0.3) is 22.3 Å². The number of aromatic nitrogens is 8. The molecule has 8 N–H and O–H groups in total. The van der Waals surface area contributed by atoms with E-state index in [2.05, 4.69) is 29.9 Å². The summed E-state index contributed by atoms with van der Waals surface area (Å²) in [5.41, 5.74) is 3.99. The summed E-state index contributed by atoms with van der Waals surface area (Å²) in [6.07, 6.45) is -3.09. The summed E-state index contributed by atoms with van der Waals surface area (Å²) in [5.74, 6) is -0.154. The lowest BCUT2D eigenvalue weighted by Crippen LogP contribution is -2.34. The summed E-state index contributed by atoms with van der Waals surface area (Å²) < 4.78 is 20.2. The van der Waals surface area contributed by atoms with Crippen molar-refractivity contribution in [2.75, 3.05) is 18.9 Å². The van der Waals surface area contributed by atoms with E-state index in [1.54, 1.807) is 0 Å². The fourth-order valence-electron chi connectivity index (χ4n) is 4.94. The van der Waals surface area contributed by atoms with Crippen LogP contribution in [0.15, 0.2) is 28.6 Å². The molecule has 2 saturated heterocycles. The van der Waals surface area contributed by atoms with Gasteiger partial charge in [-0.2, -0.15) is 4.98 Å². The average molecular weight is 598 g/mol. The molecule has 1 unspecified atom stereocenters. The number of aliphatic hydroxyl groups is 3. The number of nitrogen functional groups attached to an aromatic ring is 1. The first-order valence-corrected chi connectivity index (χ1v) is 14.7. The molecule has 0 aromatic carbocycles. The van der Waals surface area contributed by atoms with Crippen LogP contribution in [0.3, 0.4) is 0 Å². The largest absolute Gasteiger partial charge is 0.394 e. The fourth-order valence-corrected chi connectivity index (χ4v) is 7.29. The number of nitrogens with two attached hydrogens (primary N) is 1. The van der Waals surface area contributed by atoms with Crippen LogP contribution in [0.4, 0.5) is 5.95 Å². The predicted octanol–water partition coefficient (Wildman–Crippen LogP) is -2.58. The Kier molecular flexibility index (Phi) is 6.80. The summed E-state index contributed by atoms with van der Waals surface area (Å²) in [6.45, 7) is -4.55. The zero-order chi connectivity index (χ0) is 28.3. The average Bonchev–Trinajstić information content (AvgIpc) is 3.69. The summed E-state index contributed by atoms with van der Waals surface area (Å²) in [5, 5.41) is 31.1. The maximum atomic E-state index is 12.2. The van der Waals surface area contributed by atoms with Crippen LogP contribution in [-0.2, 0) is 25.8 Å². The number of H-pyrrole nitrogens is 2. The molecule has 0 aliphatic carbocycles. The Morgan fingerprint density at radius 2 is 1.77 bits per heavy atom. The van der Waals surface area contributed by atoms with Gasteiger partial charge < -0.3 is 44.9 Å². The zero-order valence-corrected chi connectivity index (χ0v) is 22.1. The highest BCUT2D eigenvalue weighted by Crippen LogP contribution is 2.57. The first-order chi connectivity index (χ1) is 19.1. The lowest BCUT2D eigenvalue weighted by molar-refractivity contribution is -0.0481. The molecule has 4 aromatic heterocycles. The van der Waals surface area contributed by atoms with Gasteiger partial charge in [-0.1, -0.05) is 0 Å². The van der Waals surface area contributed by atoms with Crippen LogP contribution in [0, 0.1) is 0 Å². The van der Waals surface area contributed by atoms with E-state index in [-0.39, 0.29) is 41.3 Å². The van der Waals surface area contributed by atoms with E-state index in [1.165, 1.54) is 28.1 Å². The van der Waals surface area contributed by atoms with Crippen LogP contribution in [0.5, 0.6) is 0 Å². The molecule has 0 amide bonds. The predicted molar refractivity (Wildman–Crippen MR) is 138 cm³/mol. The Bertz CT molecular complexity index is 1740. The van der Waals surface area contributed by atoms with E-state index in [1.807, 2.05) is 0 Å². The maximum absolute atomic E-state index is 12.2. The highest BCUT2D eigenvalue weighted by Gasteiger charge is 2.48. The first kappa shape index (κ1) is 27.1. The Hall–Kier alpha value is -3.13. The van der Waals surface area contributed by atoms with Crippen molar-refractivity contribution in [2.24, 2.45) is 0 Å². The van der Waals surface area contributed by atoms with Crippen LogP contribution < -0.4 is 16.9 Å². The number of fused-ring (bicyclic) bond motifs is 2. The Morgan fingerprint density at radius 3 is 2.50 bits per heavy atom. The molecule has 2 fully saturated rings. The molecular formula is C20H24N9O9PS. The van der Waals surface area contributed by atoms with Crippen molar-refractivity contribution >= 4 is 46.6 Å². The second kappa shape index (κ2) is 10.1. The molecule has 214 valence electrons. The van der Waals surface area contributed by atoms with E-state index >= 15 is 0 Å². The van der Waals surface area contributed by atoms with Crippen molar-refractivity contribution in [1.29, 1.82) is 0 Å². The molecule has 2 aliphatic rings. The van der Waals surface area contributed by atoms with Gasteiger partial charge in [-0.05, 0) is 18.2 Å². The normalized spacial score (nSPS) is 30.4. The van der Waals surface area contributed by atoms with E-state index in [9.17, 15) is 29.8 Å². The molecule has 4 aromatic rings. The van der Waals surface area contributed by atoms with Crippen LogP contribution in [0.2, 0.25) is 0 Å². The number of rotatable bonds is 7. The lowest BCUT2D eigenvalue weighted by Gasteiger charge is -2.28. The minimum Gasteiger partial charge on any atom is -0.394 e. The van der Waals surface area contributed by atoms with Crippen molar-refractivity contribution in [2.45, 2.75) is 49.0 Å². The number of hydrogen-bond donors (Lipinski definition) is 7. The standard InChI is InChI=1S/C20H24N9O9PS/c21-20-26-15-11(17(34)27-20)25-6-29(15)18-9(1-7(2-30)37-18)39(35,40)36-3-8-12(31)13(32)19(38-8)28-5-24-10-14(28)22-4-23-16(10)33/h4-9,12-13,18-19,30-32H,1-3H2,(H,35,40)(H,22,23,33)(H3,21,26,27,34)/t7-,8+,9+,12+,13+,18+,19+,39?/m0/s1. The molecule has 2 aliphatic heterocycles. The van der Waals surface area contributed by atoms with E-state index in [0.29, 0.717) is 0 Å². The highest BCUT2D eigenvalue weighted by atomic mass is 32.5. The summed E-state index contributed by atoms with van der Waals surface area (Å²) >= 11 is 5.49. The number of aromatic amines is 2. The Labute approximate surface area is 227 Å². The number of aliphatic hydroxyl groups excluding tert-OH is 3. The summed E-state index contributed by atoms with van der Waals surface area (Å²) in [7, 11) is 0. The highest BCUT2D eigenvalue weighted by molar-refractivity contribution is 8.09. The summed E-state index contributed by atoms with van der Waals surface area (Å²) in [6, 6.07) is 0. The van der Waals surface area contributed by atoms with E-state index in [4.69, 9.17) is 31.5 Å². The number of nitrogens with one attached hydrogen (secondary N) is 2. The SMILES string of the molecule is Nc1nc2c(ncn2[C@@H]2O[C@H](CO)C[C@H]2P(O)(=S)OC[C@H]2O[C@@H](n3cnc4c(=O)[nH]cnc43)[C@H](O)[C@@H]2O)c(=O)[nH]1. The van der Waals surface area contributed by atoms with Gasteiger partial charge in [-0.15, -0.1) is 0 Å². The summed E-state index contributed by atoms with van der Waals surface area (Å²) in [4.78, 5) is 56.5. The van der Waals surface area contributed by atoms with Crippen molar-refractivity contribution in [3.63, 3.8) is 0 Å². The van der Waals surface area contributed by atoms with Gasteiger partial charge in [0.2, 0.25) is 5.95 Å². The molecule has 0 spiro atoms. The van der Waals surface area contributed by atoms with Crippen LogP contribution in [-0.4, -0.2) is 103 Å². The van der Waals surface area contributed by atoms with Gasteiger partial charge in [-0.3, -0.25) is 23.7 Å². The molecule has 18 nitrogen and oxygen atoms in total. The van der Waals surface area contributed by atoms with Gasteiger partial charge in [0.25, 0.3) is 11.1 Å². The third kappa shape index (κ3) is 4.44. The van der Waals surface area contributed by atoms with Crippen LogP contribution in [0.1, 0.15) is 18.9 Å². The molecule has 6 rings (SSSR count). The zero-order valence-electron chi connectivity index (χ0n) is 20.3. The number of hydrogen-bond acceptors (Lipinski definition) is 14. The van der Waals surface area contributed by atoms with Crippen molar-refractivity contribution in [3.8, 4) is 0 Å². The molecule has 40 heavy (non-hydrogen) atoms. The minimum absolute atomic E-state index is 0.0119. The lowest BCUT2D eigenvalue weighted by atomic mass is 10.1. The van der Waals surface area contributed by atoms with E-state index < -0.39 is 66.7 Å². The smallest absolute Gasteiger partial charge is 0.280 e. The number of ether oxygens (including phenoxy) is 2. The van der Waals surface area contributed by atoms with Gasteiger partial charge in [0.15, 0.2) is 35.0 Å². The third-order valence-electron chi connectivity index (χ3n) is 6.91. The van der Waals surface area contributed by atoms with Gasteiger partial charge in [0, 0.05) is 0 Å². The maximum Gasteiger partial charge on any atom is 0.280 e. The quantitative estimate of drug-likeness (QED) is 0.108. The van der Waals surface area contributed by atoms with Crippen LogP contribution >= 0.6 is 6.49 Å². The number of nitrogens with zero attached hydrogens (tertiary/aromatic N) is 6. The van der Waals surface area contributed by atoms with E-state index in [0.717, 1.165) is 0 Å². The second-order valence-corrected chi connectivity index (χ2v) is 13.0. The number of anilines is 1. The fraction of sp³-hybridized carbons (Fsp3) is 0.500. The molecule has 0 bridgehead atoms. The molecule has 8 atom stereocenters. The van der Waals surface area contributed by atoms with Gasteiger partial charge in [0.1, 0.15) is 24.5 Å². The van der Waals surface area contributed by atoms with Crippen molar-refractivity contribution in [3.05, 3.63) is 39.7 Å². The molecule has 0 radical (unpaired) electrons. The third-order valence-corrected chi connectivity index (χ3v) is 9.86. The Morgan fingerprint density at radius 1 is 1.07 bits per heavy atom. The van der Waals surface area contributed by atoms with Crippen molar-refractivity contribution < 1.29 is 34.2 Å². The molecule has 0 saturated carbocycles. The monoisotopic (exact) mass is 597 g/mol. The van der Waals surface area contributed by atoms with Gasteiger partial charge >= 0.3 is 0 Å².